The Morgan fingerprint density at radius 2 is 2.00 bits per heavy atom. The molecular formula is C17H15FO6S. The second-order valence-electron chi connectivity index (χ2n) is 5.49. The van der Waals surface area contributed by atoms with Gasteiger partial charge in [0.1, 0.15) is 17.3 Å². The molecule has 0 spiro atoms. The minimum Gasteiger partial charge on any atom is -0.493 e. The third-order valence-corrected chi connectivity index (χ3v) is 5.15. The summed E-state index contributed by atoms with van der Waals surface area (Å²) in [5.41, 5.74) is 1.01. The molecule has 1 atom stereocenters. The van der Waals surface area contributed by atoms with Crippen molar-refractivity contribution in [3.8, 4) is 11.5 Å². The van der Waals surface area contributed by atoms with Crippen molar-refractivity contribution >= 4 is 16.1 Å². The summed E-state index contributed by atoms with van der Waals surface area (Å²) >= 11 is 0. The Morgan fingerprint density at radius 3 is 2.68 bits per heavy atom. The van der Waals surface area contributed by atoms with Gasteiger partial charge in [0.25, 0.3) is 0 Å². The maximum atomic E-state index is 13.3. The fourth-order valence-electron chi connectivity index (χ4n) is 2.60. The van der Waals surface area contributed by atoms with Gasteiger partial charge in [-0.25, -0.2) is 4.39 Å². The normalized spacial score (nSPS) is 16.8. The average molecular weight is 366 g/mol. The van der Waals surface area contributed by atoms with E-state index in [2.05, 4.69) is 0 Å². The van der Waals surface area contributed by atoms with Gasteiger partial charge in [-0.2, -0.15) is 8.42 Å². The lowest BCUT2D eigenvalue weighted by molar-refractivity contribution is -0.147. The van der Waals surface area contributed by atoms with Crippen molar-refractivity contribution in [3.63, 3.8) is 0 Å². The van der Waals surface area contributed by atoms with Gasteiger partial charge in [-0.3, -0.25) is 4.79 Å². The van der Waals surface area contributed by atoms with E-state index in [1.807, 2.05) is 0 Å². The molecule has 8 heteroatoms. The Bertz CT molecular complexity index is 938. The number of ether oxygens (including phenoxy) is 2. The smallest absolute Gasteiger partial charge is 0.339 e. The summed E-state index contributed by atoms with van der Waals surface area (Å²) in [5.74, 6) is -1.56. The molecular weight excluding hydrogens is 351 g/mol. The van der Waals surface area contributed by atoms with Gasteiger partial charge in [0.05, 0.1) is 13.0 Å². The van der Waals surface area contributed by atoms with Crippen LogP contribution in [-0.2, 0) is 26.3 Å². The zero-order valence-electron chi connectivity index (χ0n) is 13.5. The number of carbonyl (C=O) groups is 1. The number of esters is 1. The topological polar surface area (TPSA) is 78.9 Å². The lowest BCUT2D eigenvalue weighted by Crippen LogP contribution is -2.22. The zero-order chi connectivity index (χ0) is 18.2. The summed E-state index contributed by atoms with van der Waals surface area (Å²) < 4.78 is 53.8. The molecule has 0 fully saturated rings. The first-order chi connectivity index (χ1) is 11.8. The van der Waals surface area contributed by atoms with Crippen molar-refractivity contribution in [2.45, 2.75) is 24.3 Å². The van der Waals surface area contributed by atoms with Crippen LogP contribution in [0.15, 0.2) is 41.3 Å². The van der Waals surface area contributed by atoms with Crippen LogP contribution in [0.2, 0.25) is 0 Å². The molecule has 132 valence electrons. The molecule has 2 aromatic carbocycles. The number of rotatable bonds is 4. The van der Waals surface area contributed by atoms with E-state index >= 15 is 0 Å². The average Bonchev–Trinajstić information content (AvgIpc) is 2.58. The summed E-state index contributed by atoms with van der Waals surface area (Å²) in [6.45, 7) is 1.52. The quantitative estimate of drug-likeness (QED) is 0.612. The van der Waals surface area contributed by atoms with E-state index in [0.717, 1.165) is 12.1 Å². The summed E-state index contributed by atoms with van der Waals surface area (Å²) in [6, 6.07) is 7.67. The molecule has 1 aliphatic rings. The SMILES string of the molecule is COc1ccc2c(c1OS(=O)(=O)c1cccc(F)c1)COC(=O)C2C. The minimum atomic E-state index is -4.29. The minimum absolute atomic E-state index is 0.0661. The van der Waals surface area contributed by atoms with Gasteiger partial charge in [-0.1, -0.05) is 12.1 Å². The number of halogens is 1. The predicted octanol–water partition coefficient (Wildman–Crippen LogP) is 2.76. The van der Waals surface area contributed by atoms with Gasteiger partial charge in [0.15, 0.2) is 11.5 Å². The fraction of sp³-hybridized carbons (Fsp3) is 0.235. The van der Waals surface area contributed by atoms with Crippen LogP contribution in [0.25, 0.3) is 0 Å². The molecule has 2 aromatic rings. The second-order valence-corrected chi connectivity index (χ2v) is 7.04. The number of fused-ring (bicyclic) bond motifs is 1. The van der Waals surface area contributed by atoms with E-state index in [9.17, 15) is 17.6 Å². The predicted molar refractivity (Wildman–Crippen MR) is 85.4 cm³/mol. The van der Waals surface area contributed by atoms with Crippen LogP contribution < -0.4 is 8.92 Å². The summed E-state index contributed by atoms with van der Waals surface area (Å²) in [4.78, 5) is 11.4. The van der Waals surface area contributed by atoms with Crippen molar-refractivity contribution in [1.29, 1.82) is 0 Å². The highest BCUT2D eigenvalue weighted by Crippen LogP contribution is 2.41. The van der Waals surface area contributed by atoms with Crippen molar-refractivity contribution < 1.29 is 31.3 Å². The van der Waals surface area contributed by atoms with Crippen LogP contribution in [0.1, 0.15) is 24.0 Å². The van der Waals surface area contributed by atoms with Crippen molar-refractivity contribution in [2.24, 2.45) is 0 Å². The molecule has 0 aliphatic carbocycles. The van der Waals surface area contributed by atoms with E-state index in [1.165, 1.54) is 25.3 Å². The highest BCUT2D eigenvalue weighted by Gasteiger charge is 2.31. The first-order valence-electron chi connectivity index (χ1n) is 7.40. The van der Waals surface area contributed by atoms with Crippen LogP contribution in [0.5, 0.6) is 11.5 Å². The number of benzene rings is 2. The molecule has 0 saturated carbocycles. The van der Waals surface area contributed by atoms with E-state index in [4.69, 9.17) is 13.7 Å². The first kappa shape index (κ1) is 17.2. The van der Waals surface area contributed by atoms with E-state index in [0.29, 0.717) is 11.1 Å². The third-order valence-electron chi connectivity index (χ3n) is 3.94. The number of hydrogen-bond acceptors (Lipinski definition) is 6. The van der Waals surface area contributed by atoms with Crippen molar-refractivity contribution in [1.82, 2.24) is 0 Å². The highest BCUT2D eigenvalue weighted by atomic mass is 32.2. The number of carbonyl (C=O) groups excluding carboxylic acids is 1. The lowest BCUT2D eigenvalue weighted by Gasteiger charge is -2.24. The summed E-state index contributed by atoms with van der Waals surface area (Å²) in [5, 5.41) is 0. The van der Waals surface area contributed by atoms with E-state index in [1.54, 1.807) is 13.0 Å². The maximum absolute atomic E-state index is 13.3. The Hall–Kier alpha value is -2.61. The standard InChI is InChI=1S/C17H15FO6S/c1-10-13-6-7-15(22-2)16(14(13)9-23-17(10)19)24-25(20,21)12-5-3-4-11(18)8-12/h3-8,10H,9H2,1-2H3. The summed E-state index contributed by atoms with van der Waals surface area (Å²) in [7, 11) is -2.93. The van der Waals surface area contributed by atoms with E-state index < -0.39 is 27.8 Å². The Labute approximate surface area is 144 Å². The van der Waals surface area contributed by atoms with Crippen LogP contribution >= 0.6 is 0 Å². The van der Waals surface area contributed by atoms with Crippen LogP contribution in [0.3, 0.4) is 0 Å². The van der Waals surface area contributed by atoms with Crippen LogP contribution in [-0.4, -0.2) is 21.5 Å². The molecule has 0 aromatic heterocycles. The molecule has 0 radical (unpaired) electrons. The van der Waals surface area contributed by atoms with Gasteiger partial charge < -0.3 is 13.7 Å². The van der Waals surface area contributed by atoms with E-state index in [-0.39, 0.29) is 23.0 Å². The molecule has 6 nitrogen and oxygen atoms in total. The van der Waals surface area contributed by atoms with Crippen molar-refractivity contribution in [3.05, 3.63) is 53.3 Å². The molecule has 0 saturated heterocycles. The van der Waals surface area contributed by atoms with Gasteiger partial charge in [0, 0.05) is 5.56 Å². The Balaban J connectivity index is 2.09. The molecule has 1 unspecified atom stereocenters. The van der Waals surface area contributed by atoms with Crippen LogP contribution in [0.4, 0.5) is 4.39 Å². The molecule has 1 aliphatic heterocycles. The molecule has 0 amide bonds. The zero-order valence-corrected chi connectivity index (χ0v) is 14.3. The molecule has 1 heterocycles. The van der Waals surface area contributed by atoms with Gasteiger partial charge >= 0.3 is 16.1 Å². The number of methoxy groups -OCH3 is 1. The third kappa shape index (κ3) is 3.17. The second kappa shape index (κ2) is 6.36. The first-order valence-corrected chi connectivity index (χ1v) is 8.81. The number of hydrogen-bond donors (Lipinski definition) is 0. The maximum Gasteiger partial charge on any atom is 0.339 e. The van der Waals surface area contributed by atoms with Gasteiger partial charge in [-0.15, -0.1) is 0 Å². The number of cyclic esters (lactones) is 1. The summed E-state index contributed by atoms with van der Waals surface area (Å²) in [6.07, 6.45) is 0. The fourth-order valence-corrected chi connectivity index (χ4v) is 3.60. The largest absolute Gasteiger partial charge is 0.493 e. The molecule has 3 rings (SSSR count). The van der Waals surface area contributed by atoms with Crippen LogP contribution in [0, 0.1) is 5.82 Å². The molecule has 0 N–H and O–H groups in total. The van der Waals surface area contributed by atoms with Gasteiger partial charge in [-0.05, 0) is 36.8 Å². The van der Waals surface area contributed by atoms with Gasteiger partial charge in [0.2, 0.25) is 0 Å². The lowest BCUT2D eigenvalue weighted by atomic mass is 9.93. The molecule has 0 bridgehead atoms. The molecule has 25 heavy (non-hydrogen) atoms. The highest BCUT2D eigenvalue weighted by molar-refractivity contribution is 7.87. The monoisotopic (exact) mass is 366 g/mol. The Kier molecular flexibility index (Phi) is 4.38. The Morgan fingerprint density at radius 1 is 1.24 bits per heavy atom. The van der Waals surface area contributed by atoms with Crippen molar-refractivity contribution in [2.75, 3.05) is 7.11 Å².